The maximum atomic E-state index is 10.7. The molecule has 3 nitrogen and oxygen atoms in total. The van der Waals surface area contributed by atoms with E-state index in [1.54, 1.807) is 6.92 Å². The van der Waals surface area contributed by atoms with Gasteiger partial charge in [-0.25, -0.2) is 0 Å². The zero-order valence-electron chi connectivity index (χ0n) is 11.8. The molecule has 2 atom stereocenters. The Morgan fingerprint density at radius 1 is 1.39 bits per heavy atom. The summed E-state index contributed by atoms with van der Waals surface area (Å²) in [5, 5.41) is 17.9. The van der Waals surface area contributed by atoms with E-state index in [-0.39, 0.29) is 18.4 Å². The average Bonchev–Trinajstić information content (AvgIpc) is 2.29. The molecule has 0 aromatic heterocycles. The van der Waals surface area contributed by atoms with Crippen LogP contribution in [-0.4, -0.2) is 22.8 Å². The first-order valence-electron chi connectivity index (χ1n) is 6.53. The largest absolute Gasteiger partial charge is 0.481 e. The first kappa shape index (κ1) is 16.9. The summed E-state index contributed by atoms with van der Waals surface area (Å²) in [5.74, 6) is -0.851. The standard InChI is InChI=1S/C15H26O3/c1-11(2)14(10-16)9-8-12(3)6-5-7-13(4)15(17)18/h8,13-14,16H,1,5-7,9-10H2,2-4H3,(H,17,18). The molecule has 2 unspecified atom stereocenters. The first-order chi connectivity index (χ1) is 8.38. The molecule has 0 fully saturated rings. The Morgan fingerprint density at radius 2 is 2.00 bits per heavy atom. The van der Waals surface area contributed by atoms with E-state index in [2.05, 4.69) is 19.6 Å². The van der Waals surface area contributed by atoms with Crippen molar-refractivity contribution in [2.75, 3.05) is 6.61 Å². The van der Waals surface area contributed by atoms with Crippen LogP contribution in [0.25, 0.3) is 0 Å². The van der Waals surface area contributed by atoms with E-state index in [1.807, 2.05) is 6.92 Å². The summed E-state index contributed by atoms with van der Waals surface area (Å²) in [6.45, 7) is 9.71. The minimum atomic E-state index is -0.723. The van der Waals surface area contributed by atoms with Crippen LogP contribution in [0, 0.1) is 11.8 Å². The van der Waals surface area contributed by atoms with Gasteiger partial charge in [0.15, 0.2) is 0 Å². The molecule has 0 saturated carbocycles. The van der Waals surface area contributed by atoms with Crippen LogP contribution in [0.3, 0.4) is 0 Å². The van der Waals surface area contributed by atoms with E-state index in [0.29, 0.717) is 6.42 Å². The maximum Gasteiger partial charge on any atom is 0.306 e. The molecule has 104 valence electrons. The highest BCUT2D eigenvalue weighted by atomic mass is 16.4. The summed E-state index contributed by atoms with van der Waals surface area (Å²) in [6.07, 6.45) is 5.47. The minimum absolute atomic E-state index is 0.134. The molecule has 0 aliphatic carbocycles. The van der Waals surface area contributed by atoms with Gasteiger partial charge in [0.25, 0.3) is 0 Å². The highest BCUT2D eigenvalue weighted by Crippen LogP contribution is 2.17. The van der Waals surface area contributed by atoms with Crippen LogP contribution < -0.4 is 0 Å². The van der Waals surface area contributed by atoms with Gasteiger partial charge in [0, 0.05) is 12.5 Å². The molecule has 18 heavy (non-hydrogen) atoms. The zero-order chi connectivity index (χ0) is 14.1. The predicted octanol–water partition coefficient (Wildman–Crippen LogP) is 3.40. The molecular weight excluding hydrogens is 228 g/mol. The predicted molar refractivity (Wildman–Crippen MR) is 74.4 cm³/mol. The van der Waals surface area contributed by atoms with Crippen molar-refractivity contribution >= 4 is 5.97 Å². The number of hydrogen-bond acceptors (Lipinski definition) is 2. The zero-order valence-corrected chi connectivity index (χ0v) is 11.8. The van der Waals surface area contributed by atoms with Gasteiger partial charge in [-0.05, 0) is 39.5 Å². The second-order valence-electron chi connectivity index (χ2n) is 5.14. The van der Waals surface area contributed by atoms with Crippen LogP contribution in [0.1, 0.15) is 46.5 Å². The second-order valence-corrected chi connectivity index (χ2v) is 5.14. The topological polar surface area (TPSA) is 57.5 Å². The Labute approximate surface area is 110 Å². The molecule has 0 bridgehead atoms. The quantitative estimate of drug-likeness (QED) is 0.620. The van der Waals surface area contributed by atoms with Crippen molar-refractivity contribution in [3.63, 3.8) is 0 Å². The van der Waals surface area contributed by atoms with Gasteiger partial charge in [-0.15, -0.1) is 0 Å². The number of rotatable bonds is 9. The molecule has 0 aliphatic heterocycles. The number of carboxylic acids is 1. The monoisotopic (exact) mass is 254 g/mol. The smallest absolute Gasteiger partial charge is 0.306 e. The second kappa shape index (κ2) is 8.92. The number of aliphatic hydroxyl groups excluding tert-OH is 1. The van der Waals surface area contributed by atoms with Crippen LogP contribution in [0.5, 0.6) is 0 Å². The van der Waals surface area contributed by atoms with E-state index in [4.69, 9.17) is 10.2 Å². The van der Waals surface area contributed by atoms with Gasteiger partial charge in [0.2, 0.25) is 0 Å². The van der Waals surface area contributed by atoms with E-state index in [9.17, 15) is 4.79 Å². The van der Waals surface area contributed by atoms with Crippen LogP contribution in [0.2, 0.25) is 0 Å². The normalized spacial score (nSPS) is 15.2. The molecule has 2 N–H and O–H groups in total. The Kier molecular flexibility index (Phi) is 8.38. The third kappa shape index (κ3) is 7.28. The van der Waals surface area contributed by atoms with Crippen molar-refractivity contribution in [3.8, 4) is 0 Å². The molecule has 0 aromatic rings. The molecule has 0 rings (SSSR count). The summed E-state index contributed by atoms with van der Waals surface area (Å²) < 4.78 is 0. The van der Waals surface area contributed by atoms with Crippen molar-refractivity contribution in [2.24, 2.45) is 11.8 Å². The van der Waals surface area contributed by atoms with Gasteiger partial charge in [0.05, 0.1) is 5.92 Å². The molecule has 3 heteroatoms. The lowest BCUT2D eigenvalue weighted by molar-refractivity contribution is -0.141. The van der Waals surface area contributed by atoms with Crippen LogP contribution in [-0.2, 0) is 4.79 Å². The molecule has 0 spiro atoms. The molecule has 0 aliphatic rings. The van der Waals surface area contributed by atoms with E-state index in [1.165, 1.54) is 5.57 Å². The fourth-order valence-electron chi connectivity index (χ4n) is 1.69. The Hall–Kier alpha value is -1.09. The fraction of sp³-hybridized carbons (Fsp3) is 0.667. The Balaban J connectivity index is 3.98. The summed E-state index contributed by atoms with van der Waals surface area (Å²) in [4.78, 5) is 10.7. The number of carbonyl (C=O) groups is 1. The molecular formula is C15H26O3. The van der Waals surface area contributed by atoms with Gasteiger partial charge in [-0.3, -0.25) is 4.79 Å². The number of allylic oxidation sites excluding steroid dienone is 2. The molecule has 0 heterocycles. The lowest BCUT2D eigenvalue weighted by atomic mass is 9.96. The van der Waals surface area contributed by atoms with Gasteiger partial charge in [-0.1, -0.05) is 30.7 Å². The number of aliphatic hydroxyl groups is 1. The van der Waals surface area contributed by atoms with Crippen LogP contribution in [0.4, 0.5) is 0 Å². The molecule has 0 amide bonds. The van der Waals surface area contributed by atoms with Crippen molar-refractivity contribution in [1.29, 1.82) is 0 Å². The van der Waals surface area contributed by atoms with Crippen molar-refractivity contribution < 1.29 is 15.0 Å². The van der Waals surface area contributed by atoms with Crippen LogP contribution in [0.15, 0.2) is 23.8 Å². The summed E-state index contributed by atoms with van der Waals surface area (Å²) >= 11 is 0. The highest BCUT2D eigenvalue weighted by molar-refractivity contribution is 5.69. The van der Waals surface area contributed by atoms with Crippen LogP contribution >= 0.6 is 0 Å². The first-order valence-corrected chi connectivity index (χ1v) is 6.53. The highest BCUT2D eigenvalue weighted by Gasteiger charge is 2.10. The molecule has 0 aromatic carbocycles. The number of aliphatic carboxylic acids is 1. The Morgan fingerprint density at radius 3 is 2.44 bits per heavy atom. The summed E-state index contributed by atoms with van der Waals surface area (Å²) in [5.41, 5.74) is 2.26. The lowest BCUT2D eigenvalue weighted by Gasteiger charge is -2.12. The minimum Gasteiger partial charge on any atom is -0.481 e. The van der Waals surface area contributed by atoms with Gasteiger partial charge in [0.1, 0.15) is 0 Å². The van der Waals surface area contributed by atoms with Crippen molar-refractivity contribution in [1.82, 2.24) is 0 Å². The number of hydrogen-bond donors (Lipinski definition) is 2. The summed E-state index contributed by atoms with van der Waals surface area (Å²) in [7, 11) is 0. The fourth-order valence-corrected chi connectivity index (χ4v) is 1.69. The molecule has 0 radical (unpaired) electrons. The van der Waals surface area contributed by atoms with Gasteiger partial charge < -0.3 is 10.2 Å². The Bertz CT molecular complexity index is 305. The SMILES string of the molecule is C=C(C)C(CO)CC=C(C)CCCC(C)C(=O)O. The van der Waals surface area contributed by atoms with E-state index >= 15 is 0 Å². The van der Waals surface area contributed by atoms with Crippen molar-refractivity contribution in [2.45, 2.75) is 46.5 Å². The third-order valence-corrected chi connectivity index (χ3v) is 3.30. The third-order valence-electron chi connectivity index (χ3n) is 3.30. The van der Waals surface area contributed by atoms with Crippen molar-refractivity contribution in [3.05, 3.63) is 23.8 Å². The maximum absolute atomic E-state index is 10.7. The summed E-state index contributed by atoms with van der Waals surface area (Å²) in [6, 6.07) is 0. The number of carboxylic acid groups (broad SMARTS) is 1. The van der Waals surface area contributed by atoms with E-state index in [0.717, 1.165) is 24.8 Å². The average molecular weight is 254 g/mol. The lowest BCUT2D eigenvalue weighted by Crippen LogP contribution is -2.09. The van der Waals surface area contributed by atoms with E-state index < -0.39 is 5.97 Å². The van der Waals surface area contributed by atoms with Gasteiger partial charge >= 0.3 is 5.97 Å². The molecule has 0 saturated heterocycles. The van der Waals surface area contributed by atoms with Gasteiger partial charge in [-0.2, -0.15) is 0 Å².